The van der Waals surface area contributed by atoms with Crippen molar-refractivity contribution in [1.29, 1.82) is 0 Å². The molecular weight excluding hydrogens is 142 g/mol. The zero-order chi connectivity index (χ0) is 6.69. The van der Waals surface area contributed by atoms with Gasteiger partial charge in [0.05, 0.1) is 0 Å². The Bertz CT molecular complexity index is 147. The number of rotatable bonds is 2. The van der Waals surface area contributed by atoms with Crippen molar-refractivity contribution in [2.45, 2.75) is 6.42 Å². The molecule has 0 aliphatic carbocycles. The molecule has 0 aromatic rings. The molecule has 1 N–H and O–H groups in total. The van der Waals surface area contributed by atoms with Crippen molar-refractivity contribution in [1.82, 2.24) is 5.06 Å². The van der Waals surface area contributed by atoms with Gasteiger partial charge in [0.2, 0.25) is 0 Å². The van der Waals surface area contributed by atoms with Crippen LogP contribution in [0.4, 0.5) is 0 Å². The molecule has 0 saturated carbocycles. The average molecular weight is 149 g/mol. The summed E-state index contributed by atoms with van der Waals surface area (Å²) in [5, 5.41) is 1.33. The van der Waals surface area contributed by atoms with Gasteiger partial charge in [0.25, 0.3) is 0 Å². The highest BCUT2D eigenvalue weighted by Gasteiger charge is 2.06. The van der Waals surface area contributed by atoms with Crippen LogP contribution >= 0.6 is 0 Å². The Morgan fingerprint density at radius 1 is 1.78 bits per heavy atom. The molecule has 0 fully saturated rings. The van der Waals surface area contributed by atoms with Gasteiger partial charge in [-0.05, 0) is 6.42 Å². The first-order valence-corrected chi connectivity index (χ1v) is 3.55. The maximum atomic E-state index is 9.97. The van der Waals surface area contributed by atoms with Crippen molar-refractivity contribution < 1.29 is 13.0 Å². The number of nitrogens with zero attached hydrogens (tertiary/aromatic N) is 1. The Kier molecular flexibility index (Phi) is 2.21. The number of hydrogen-bond donors (Lipinski definition) is 1. The van der Waals surface area contributed by atoms with Crippen LogP contribution in [-0.2, 0) is 15.6 Å². The van der Waals surface area contributed by atoms with Crippen molar-refractivity contribution in [3.05, 3.63) is 12.3 Å². The van der Waals surface area contributed by atoms with E-state index in [1.165, 1.54) is 5.06 Å². The summed E-state index contributed by atoms with van der Waals surface area (Å²) in [4.78, 5) is 0. The zero-order valence-electron chi connectivity index (χ0n) is 4.69. The molecule has 1 rings (SSSR count). The van der Waals surface area contributed by atoms with E-state index in [1.807, 2.05) is 6.08 Å². The third-order valence-corrected chi connectivity index (χ3v) is 1.27. The first-order chi connectivity index (χ1) is 4.29. The smallest absolute Gasteiger partial charge is 0.282 e. The molecule has 5 heteroatoms. The summed E-state index contributed by atoms with van der Waals surface area (Å²) in [5.41, 5.74) is 0. The molecule has 1 aliphatic rings. The quantitative estimate of drug-likeness (QED) is 0.573. The highest BCUT2D eigenvalue weighted by atomic mass is 32.2. The van der Waals surface area contributed by atoms with Gasteiger partial charge in [-0.3, -0.25) is 4.55 Å². The van der Waals surface area contributed by atoms with Crippen LogP contribution in [0.1, 0.15) is 6.42 Å². The topological polar surface area (TPSA) is 49.8 Å². The van der Waals surface area contributed by atoms with Gasteiger partial charge in [0.1, 0.15) is 0 Å². The minimum atomic E-state index is -2.18. The predicted octanol–water partition coefficient (Wildman–Crippen LogP) is 0.274. The van der Waals surface area contributed by atoms with Crippen LogP contribution in [0, 0.1) is 0 Å². The molecule has 0 aromatic carbocycles. The van der Waals surface area contributed by atoms with Crippen molar-refractivity contribution >= 4 is 11.4 Å². The third-order valence-electron chi connectivity index (χ3n) is 0.947. The predicted molar refractivity (Wildman–Crippen MR) is 32.3 cm³/mol. The molecule has 0 aromatic heterocycles. The standard InChI is InChI=1S/C4H7NO3S/c6-9(7)8-5-3-1-2-4-5/h1,3H,2,4H2,(H,6,7). The molecular formula is C4H7NO3S. The molecule has 1 heterocycles. The molecule has 0 spiro atoms. The summed E-state index contributed by atoms with van der Waals surface area (Å²) in [6.07, 6.45) is 4.37. The minimum Gasteiger partial charge on any atom is -0.282 e. The lowest BCUT2D eigenvalue weighted by atomic mass is 10.5. The van der Waals surface area contributed by atoms with Gasteiger partial charge in [0, 0.05) is 12.7 Å². The Hall–Kier alpha value is -0.390. The fourth-order valence-electron chi connectivity index (χ4n) is 0.612. The van der Waals surface area contributed by atoms with Crippen LogP contribution in [-0.4, -0.2) is 20.4 Å². The molecule has 4 nitrogen and oxygen atoms in total. The molecule has 1 aliphatic heterocycles. The van der Waals surface area contributed by atoms with Crippen LogP contribution in [0.3, 0.4) is 0 Å². The van der Waals surface area contributed by atoms with Gasteiger partial charge in [-0.15, -0.1) is 4.28 Å². The van der Waals surface area contributed by atoms with Gasteiger partial charge >= 0.3 is 11.4 Å². The first-order valence-electron chi connectivity index (χ1n) is 2.51. The lowest BCUT2D eigenvalue weighted by Gasteiger charge is -2.09. The monoisotopic (exact) mass is 149 g/mol. The van der Waals surface area contributed by atoms with E-state index in [0.29, 0.717) is 6.54 Å². The van der Waals surface area contributed by atoms with Gasteiger partial charge in [0.15, 0.2) is 0 Å². The summed E-state index contributed by atoms with van der Waals surface area (Å²) in [6.45, 7) is 0.659. The lowest BCUT2D eigenvalue weighted by Crippen LogP contribution is -2.15. The zero-order valence-corrected chi connectivity index (χ0v) is 5.50. The van der Waals surface area contributed by atoms with Crippen LogP contribution < -0.4 is 0 Å². The number of hydroxylamine groups is 2. The molecule has 0 amide bonds. The van der Waals surface area contributed by atoms with E-state index in [4.69, 9.17) is 4.55 Å². The third kappa shape index (κ3) is 2.13. The Morgan fingerprint density at radius 2 is 2.56 bits per heavy atom. The van der Waals surface area contributed by atoms with E-state index in [-0.39, 0.29) is 0 Å². The summed E-state index contributed by atoms with van der Waals surface area (Å²) >= 11 is -2.18. The normalized spacial score (nSPS) is 20.8. The van der Waals surface area contributed by atoms with Crippen LogP contribution in [0.2, 0.25) is 0 Å². The van der Waals surface area contributed by atoms with Crippen LogP contribution in [0.15, 0.2) is 12.3 Å². The van der Waals surface area contributed by atoms with E-state index in [0.717, 1.165) is 6.42 Å². The Labute approximate surface area is 55.6 Å². The molecule has 0 saturated heterocycles. The second-order valence-electron chi connectivity index (χ2n) is 1.61. The highest BCUT2D eigenvalue weighted by molar-refractivity contribution is 7.74. The van der Waals surface area contributed by atoms with Crippen molar-refractivity contribution in [2.24, 2.45) is 0 Å². The van der Waals surface area contributed by atoms with Crippen molar-refractivity contribution in [3.63, 3.8) is 0 Å². The van der Waals surface area contributed by atoms with E-state index < -0.39 is 11.4 Å². The van der Waals surface area contributed by atoms with Gasteiger partial charge in [-0.25, -0.2) is 5.06 Å². The second-order valence-corrected chi connectivity index (χ2v) is 2.19. The SMILES string of the molecule is O=S(O)ON1C=CCC1. The fourth-order valence-corrected chi connectivity index (χ4v) is 0.900. The second kappa shape index (κ2) is 2.95. The minimum absolute atomic E-state index is 0.659. The maximum Gasteiger partial charge on any atom is 0.325 e. The highest BCUT2D eigenvalue weighted by Crippen LogP contribution is 2.04. The van der Waals surface area contributed by atoms with E-state index in [1.54, 1.807) is 6.20 Å². The lowest BCUT2D eigenvalue weighted by molar-refractivity contribution is 0.00929. The van der Waals surface area contributed by atoms with Crippen LogP contribution in [0.25, 0.3) is 0 Å². The molecule has 0 bridgehead atoms. The van der Waals surface area contributed by atoms with Crippen molar-refractivity contribution in [3.8, 4) is 0 Å². The molecule has 52 valence electrons. The molecule has 1 atom stereocenters. The van der Waals surface area contributed by atoms with Gasteiger partial charge in [-0.1, -0.05) is 6.08 Å². The summed E-state index contributed by atoms with van der Waals surface area (Å²) in [5.74, 6) is 0. The van der Waals surface area contributed by atoms with E-state index in [9.17, 15) is 4.21 Å². The largest absolute Gasteiger partial charge is 0.325 e. The Morgan fingerprint density at radius 3 is 3.00 bits per heavy atom. The van der Waals surface area contributed by atoms with Gasteiger partial charge < -0.3 is 0 Å². The molecule has 9 heavy (non-hydrogen) atoms. The van der Waals surface area contributed by atoms with Crippen LogP contribution in [0.5, 0.6) is 0 Å². The van der Waals surface area contributed by atoms with Gasteiger partial charge in [-0.2, -0.15) is 4.21 Å². The summed E-state index contributed by atoms with van der Waals surface area (Å²) in [7, 11) is 0. The molecule has 0 radical (unpaired) electrons. The van der Waals surface area contributed by atoms with E-state index in [2.05, 4.69) is 4.28 Å². The number of hydrogen-bond acceptors (Lipinski definition) is 3. The molecule has 1 unspecified atom stereocenters. The Balaban J connectivity index is 2.28. The average Bonchev–Trinajstić information content (AvgIpc) is 2.15. The first kappa shape index (κ1) is 6.73. The summed E-state index contributed by atoms with van der Waals surface area (Å²) in [6, 6.07) is 0. The van der Waals surface area contributed by atoms with Crippen molar-refractivity contribution in [2.75, 3.05) is 6.54 Å². The van der Waals surface area contributed by atoms with E-state index >= 15 is 0 Å². The summed E-state index contributed by atoms with van der Waals surface area (Å²) < 4.78 is 22.5. The fraction of sp³-hybridized carbons (Fsp3) is 0.500. The maximum absolute atomic E-state index is 9.97.